The Kier molecular flexibility index (Phi) is 5.66. The number of nitrogens with zero attached hydrogens (tertiary/aromatic N) is 1. The van der Waals surface area contributed by atoms with E-state index in [1.54, 1.807) is 12.3 Å². The summed E-state index contributed by atoms with van der Waals surface area (Å²) < 4.78 is 4.90. The lowest BCUT2D eigenvalue weighted by Crippen LogP contribution is -2.28. The molecule has 6 heteroatoms. The van der Waals surface area contributed by atoms with Gasteiger partial charge in [0.05, 0.1) is 19.1 Å². The number of rotatable bonds is 6. The molecule has 0 bridgehead atoms. The van der Waals surface area contributed by atoms with Gasteiger partial charge in [0.25, 0.3) is 0 Å². The number of aromatic nitrogens is 1. The van der Waals surface area contributed by atoms with Gasteiger partial charge in [0, 0.05) is 5.38 Å². The number of thiazole rings is 1. The van der Waals surface area contributed by atoms with E-state index in [1.807, 2.05) is 37.3 Å². The molecular weight excluding hydrogens is 300 g/mol. The minimum absolute atomic E-state index is 0.0772. The van der Waals surface area contributed by atoms with Crippen molar-refractivity contribution in [2.45, 2.75) is 26.3 Å². The van der Waals surface area contributed by atoms with Crippen molar-refractivity contribution in [2.24, 2.45) is 0 Å². The quantitative estimate of drug-likeness (QED) is 0.832. The Balaban J connectivity index is 1.93. The summed E-state index contributed by atoms with van der Waals surface area (Å²) in [6, 6.07) is 9.29. The molecule has 22 heavy (non-hydrogen) atoms. The highest BCUT2D eigenvalue weighted by Gasteiger charge is 2.17. The van der Waals surface area contributed by atoms with Crippen molar-refractivity contribution in [3.8, 4) is 0 Å². The molecule has 0 saturated carbocycles. The maximum atomic E-state index is 12.0. The van der Waals surface area contributed by atoms with E-state index in [0.29, 0.717) is 18.0 Å². The van der Waals surface area contributed by atoms with Crippen LogP contribution in [-0.4, -0.2) is 23.5 Å². The molecule has 1 N–H and O–H groups in total. The van der Waals surface area contributed by atoms with Crippen LogP contribution >= 0.6 is 11.3 Å². The number of carbonyl (C=O) groups excluding carboxylic acids is 2. The number of hydrogen-bond acceptors (Lipinski definition) is 5. The number of benzene rings is 1. The van der Waals surface area contributed by atoms with Gasteiger partial charge in [-0.3, -0.25) is 4.79 Å². The number of amides is 1. The minimum atomic E-state index is -0.437. The average molecular weight is 318 g/mol. The lowest BCUT2D eigenvalue weighted by Gasteiger charge is -2.11. The van der Waals surface area contributed by atoms with Crippen molar-refractivity contribution in [3.05, 3.63) is 52.0 Å². The summed E-state index contributed by atoms with van der Waals surface area (Å²) >= 11 is 1.33. The smallest absolute Gasteiger partial charge is 0.357 e. The van der Waals surface area contributed by atoms with Crippen LogP contribution in [0.2, 0.25) is 0 Å². The van der Waals surface area contributed by atoms with Crippen LogP contribution in [0.25, 0.3) is 0 Å². The van der Waals surface area contributed by atoms with Gasteiger partial charge in [0.2, 0.25) is 5.91 Å². The highest BCUT2D eigenvalue weighted by Crippen LogP contribution is 2.18. The topological polar surface area (TPSA) is 68.3 Å². The zero-order valence-electron chi connectivity index (χ0n) is 12.5. The van der Waals surface area contributed by atoms with Gasteiger partial charge in [-0.05, 0) is 19.4 Å². The maximum absolute atomic E-state index is 12.0. The number of hydrogen-bond donors (Lipinski definition) is 1. The Hall–Kier alpha value is -2.21. The summed E-state index contributed by atoms with van der Waals surface area (Å²) in [6.45, 7) is 3.91. The molecule has 2 rings (SSSR count). The van der Waals surface area contributed by atoms with Gasteiger partial charge < -0.3 is 10.1 Å². The third-order valence-corrected chi connectivity index (χ3v) is 3.99. The molecule has 1 atom stereocenters. The molecule has 1 unspecified atom stereocenters. The Morgan fingerprint density at radius 2 is 2.05 bits per heavy atom. The van der Waals surface area contributed by atoms with Gasteiger partial charge in [-0.2, -0.15) is 0 Å². The Labute approximate surface area is 133 Å². The second-order valence-corrected chi connectivity index (χ2v) is 5.63. The predicted molar refractivity (Wildman–Crippen MR) is 84.8 cm³/mol. The molecule has 0 aliphatic heterocycles. The zero-order chi connectivity index (χ0) is 15.9. The van der Waals surface area contributed by atoms with E-state index in [9.17, 15) is 9.59 Å². The summed E-state index contributed by atoms with van der Waals surface area (Å²) in [5.41, 5.74) is 1.24. The molecule has 0 spiro atoms. The first kappa shape index (κ1) is 16.2. The van der Waals surface area contributed by atoms with Crippen LogP contribution in [0.3, 0.4) is 0 Å². The largest absolute Gasteiger partial charge is 0.461 e. The molecule has 0 radical (unpaired) electrons. The standard InChI is InChI=1S/C16H18N2O3S/c1-3-21-16(20)13-10-22-15(18-13)11(2)17-14(19)9-12-7-5-4-6-8-12/h4-8,10-11H,3,9H2,1-2H3,(H,17,19). The van der Waals surface area contributed by atoms with E-state index < -0.39 is 5.97 Å². The van der Waals surface area contributed by atoms with Gasteiger partial charge in [-0.25, -0.2) is 9.78 Å². The van der Waals surface area contributed by atoms with Gasteiger partial charge in [-0.15, -0.1) is 11.3 Å². The van der Waals surface area contributed by atoms with Crippen LogP contribution in [0.15, 0.2) is 35.7 Å². The molecule has 2 aromatic rings. The van der Waals surface area contributed by atoms with Gasteiger partial charge in [0.1, 0.15) is 5.01 Å². The van der Waals surface area contributed by atoms with Gasteiger partial charge in [0.15, 0.2) is 5.69 Å². The third kappa shape index (κ3) is 4.39. The molecule has 1 aromatic carbocycles. The zero-order valence-corrected chi connectivity index (χ0v) is 13.4. The lowest BCUT2D eigenvalue weighted by molar-refractivity contribution is -0.121. The maximum Gasteiger partial charge on any atom is 0.357 e. The Morgan fingerprint density at radius 1 is 1.32 bits per heavy atom. The van der Waals surface area contributed by atoms with E-state index in [-0.39, 0.29) is 17.6 Å². The predicted octanol–water partition coefficient (Wildman–Crippen LogP) is 2.74. The first-order chi connectivity index (χ1) is 10.6. The average Bonchev–Trinajstić information content (AvgIpc) is 2.98. The lowest BCUT2D eigenvalue weighted by atomic mass is 10.1. The normalized spacial score (nSPS) is 11.7. The molecule has 0 aliphatic carbocycles. The van der Waals surface area contributed by atoms with Crippen LogP contribution in [0, 0.1) is 0 Å². The van der Waals surface area contributed by atoms with Crippen LogP contribution in [-0.2, 0) is 16.0 Å². The molecule has 0 fully saturated rings. The first-order valence-electron chi connectivity index (χ1n) is 7.06. The molecule has 5 nitrogen and oxygen atoms in total. The van der Waals surface area contributed by atoms with E-state index in [4.69, 9.17) is 4.74 Å². The van der Waals surface area contributed by atoms with Crippen molar-refractivity contribution in [1.29, 1.82) is 0 Å². The van der Waals surface area contributed by atoms with Crippen LogP contribution < -0.4 is 5.32 Å². The summed E-state index contributed by atoms with van der Waals surface area (Å²) in [5.74, 6) is -0.514. The molecular formula is C16H18N2O3S. The number of esters is 1. The molecule has 1 heterocycles. The number of carbonyl (C=O) groups is 2. The SMILES string of the molecule is CCOC(=O)c1csc(C(C)NC(=O)Cc2ccccc2)n1. The highest BCUT2D eigenvalue weighted by atomic mass is 32.1. The van der Waals surface area contributed by atoms with Crippen molar-refractivity contribution in [1.82, 2.24) is 10.3 Å². The fraction of sp³-hybridized carbons (Fsp3) is 0.312. The van der Waals surface area contributed by atoms with E-state index in [0.717, 1.165) is 5.56 Å². The summed E-state index contributed by atoms with van der Waals surface area (Å²) in [4.78, 5) is 27.8. The minimum Gasteiger partial charge on any atom is -0.461 e. The number of ether oxygens (including phenoxy) is 1. The third-order valence-electron chi connectivity index (χ3n) is 2.96. The van der Waals surface area contributed by atoms with Gasteiger partial charge >= 0.3 is 5.97 Å². The second kappa shape index (κ2) is 7.70. The molecule has 116 valence electrons. The van der Waals surface area contributed by atoms with Crippen molar-refractivity contribution >= 4 is 23.2 Å². The second-order valence-electron chi connectivity index (χ2n) is 4.74. The van der Waals surface area contributed by atoms with Gasteiger partial charge in [-0.1, -0.05) is 30.3 Å². The fourth-order valence-corrected chi connectivity index (χ4v) is 2.72. The van der Waals surface area contributed by atoms with Crippen LogP contribution in [0.4, 0.5) is 0 Å². The van der Waals surface area contributed by atoms with Crippen LogP contribution in [0.5, 0.6) is 0 Å². The van der Waals surface area contributed by atoms with Crippen molar-refractivity contribution < 1.29 is 14.3 Å². The molecule has 0 aliphatic rings. The molecule has 1 amide bonds. The highest BCUT2D eigenvalue weighted by molar-refractivity contribution is 7.09. The first-order valence-corrected chi connectivity index (χ1v) is 7.94. The molecule has 0 saturated heterocycles. The monoisotopic (exact) mass is 318 g/mol. The van der Waals surface area contributed by atoms with E-state index in [1.165, 1.54) is 11.3 Å². The Morgan fingerprint density at radius 3 is 2.73 bits per heavy atom. The van der Waals surface area contributed by atoms with E-state index in [2.05, 4.69) is 10.3 Å². The summed E-state index contributed by atoms with van der Waals surface area (Å²) in [5, 5.41) is 5.22. The summed E-state index contributed by atoms with van der Waals surface area (Å²) in [6.07, 6.45) is 0.321. The van der Waals surface area contributed by atoms with Crippen LogP contribution in [0.1, 0.15) is 40.9 Å². The summed E-state index contributed by atoms with van der Waals surface area (Å²) in [7, 11) is 0. The van der Waals surface area contributed by atoms with E-state index >= 15 is 0 Å². The number of nitrogens with one attached hydrogen (secondary N) is 1. The molecule has 1 aromatic heterocycles. The fourth-order valence-electron chi connectivity index (χ4n) is 1.92. The van der Waals surface area contributed by atoms with Crippen molar-refractivity contribution in [3.63, 3.8) is 0 Å². The van der Waals surface area contributed by atoms with Crippen molar-refractivity contribution in [2.75, 3.05) is 6.61 Å². The Bertz CT molecular complexity index is 640.